The van der Waals surface area contributed by atoms with Crippen molar-refractivity contribution < 1.29 is 18.4 Å². The zero-order valence-electron chi connectivity index (χ0n) is 16.2. The second kappa shape index (κ2) is 7.91. The number of carbonyl (C=O) groups excluding carboxylic acids is 2. The molecule has 4 nitrogen and oxygen atoms in total. The van der Waals surface area contributed by atoms with Gasteiger partial charge in [0.2, 0.25) is 0 Å². The topological polar surface area (TPSA) is 40.6 Å². The van der Waals surface area contributed by atoms with Crippen LogP contribution in [0.25, 0.3) is 5.57 Å². The molecule has 0 saturated carbocycles. The van der Waals surface area contributed by atoms with Gasteiger partial charge in [0.1, 0.15) is 17.3 Å². The molecule has 0 N–H and O–H groups in total. The van der Waals surface area contributed by atoms with E-state index in [-0.39, 0.29) is 17.0 Å². The van der Waals surface area contributed by atoms with E-state index < -0.39 is 23.4 Å². The summed E-state index contributed by atoms with van der Waals surface area (Å²) in [5.41, 5.74) is 1.47. The minimum absolute atomic E-state index is 0.113. The quantitative estimate of drug-likeness (QED) is 0.593. The molecule has 6 heteroatoms. The van der Waals surface area contributed by atoms with Gasteiger partial charge in [-0.05, 0) is 35.4 Å². The van der Waals surface area contributed by atoms with E-state index in [1.807, 2.05) is 30.3 Å². The summed E-state index contributed by atoms with van der Waals surface area (Å²) in [7, 11) is 1.70. The molecule has 0 saturated heterocycles. The van der Waals surface area contributed by atoms with E-state index >= 15 is 0 Å². The number of amides is 2. The Morgan fingerprint density at radius 3 is 2.10 bits per heavy atom. The van der Waals surface area contributed by atoms with Crippen molar-refractivity contribution >= 4 is 23.1 Å². The molecule has 0 radical (unpaired) electrons. The lowest BCUT2D eigenvalue weighted by Crippen LogP contribution is -2.34. The van der Waals surface area contributed by atoms with Gasteiger partial charge in [-0.15, -0.1) is 0 Å². The van der Waals surface area contributed by atoms with Gasteiger partial charge in [0.15, 0.2) is 0 Å². The Balaban J connectivity index is 1.82. The minimum Gasteiger partial charge on any atom is -0.365 e. The van der Waals surface area contributed by atoms with Gasteiger partial charge in [0, 0.05) is 13.6 Å². The van der Waals surface area contributed by atoms with E-state index in [0.29, 0.717) is 12.1 Å². The monoisotopic (exact) mass is 404 g/mol. The van der Waals surface area contributed by atoms with E-state index in [2.05, 4.69) is 0 Å². The normalized spacial score (nSPS) is 13.9. The highest BCUT2D eigenvalue weighted by Crippen LogP contribution is 2.35. The Labute approximate surface area is 172 Å². The summed E-state index contributed by atoms with van der Waals surface area (Å²) in [6.07, 6.45) is 0. The van der Waals surface area contributed by atoms with Crippen molar-refractivity contribution in [3.05, 3.63) is 107 Å². The zero-order valence-corrected chi connectivity index (χ0v) is 16.2. The Morgan fingerprint density at radius 1 is 0.800 bits per heavy atom. The number of nitrogens with zero attached hydrogens (tertiary/aromatic N) is 2. The van der Waals surface area contributed by atoms with Gasteiger partial charge in [-0.2, -0.15) is 0 Å². The van der Waals surface area contributed by atoms with Crippen molar-refractivity contribution in [2.45, 2.75) is 6.54 Å². The van der Waals surface area contributed by atoms with Crippen LogP contribution in [0.5, 0.6) is 0 Å². The third-order valence-electron chi connectivity index (χ3n) is 4.93. The lowest BCUT2D eigenvalue weighted by molar-refractivity contribution is -0.120. The maximum Gasteiger partial charge on any atom is 0.282 e. The zero-order chi connectivity index (χ0) is 21.3. The number of benzene rings is 3. The maximum atomic E-state index is 14.4. The van der Waals surface area contributed by atoms with Crippen LogP contribution in [0.3, 0.4) is 0 Å². The fraction of sp³-hybridized carbons (Fsp3) is 0.0833. The van der Waals surface area contributed by atoms with Crippen LogP contribution < -0.4 is 4.90 Å². The third kappa shape index (κ3) is 3.48. The van der Waals surface area contributed by atoms with Gasteiger partial charge in [0.25, 0.3) is 11.8 Å². The highest BCUT2D eigenvalue weighted by Gasteiger charge is 2.42. The van der Waals surface area contributed by atoms with Crippen LogP contribution >= 0.6 is 0 Å². The molecule has 30 heavy (non-hydrogen) atoms. The lowest BCUT2D eigenvalue weighted by Gasteiger charge is -2.21. The number of carbonyl (C=O) groups is 2. The third-order valence-corrected chi connectivity index (χ3v) is 4.93. The van der Waals surface area contributed by atoms with Crippen molar-refractivity contribution in [1.29, 1.82) is 0 Å². The average Bonchev–Trinajstić information content (AvgIpc) is 3.00. The van der Waals surface area contributed by atoms with Gasteiger partial charge in [-0.1, -0.05) is 54.6 Å². The number of imide groups is 1. The van der Waals surface area contributed by atoms with Crippen LogP contribution in [0.15, 0.2) is 84.6 Å². The number of rotatable bonds is 5. The van der Waals surface area contributed by atoms with E-state index in [4.69, 9.17) is 0 Å². The summed E-state index contributed by atoms with van der Waals surface area (Å²) >= 11 is 0. The van der Waals surface area contributed by atoms with E-state index in [1.54, 1.807) is 18.0 Å². The van der Waals surface area contributed by atoms with Crippen molar-refractivity contribution in [2.24, 2.45) is 0 Å². The van der Waals surface area contributed by atoms with Gasteiger partial charge >= 0.3 is 0 Å². The number of hydrogen-bond donors (Lipinski definition) is 0. The molecule has 1 aliphatic rings. The molecule has 3 aromatic carbocycles. The van der Waals surface area contributed by atoms with Crippen molar-refractivity contribution in [1.82, 2.24) is 4.90 Å². The Kier molecular flexibility index (Phi) is 5.14. The van der Waals surface area contributed by atoms with Crippen LogP contribution in [0.1, 0.15) is 11.1 Å². The van der Waals surface area contributed by atoms with Crippen molar-refractivity contribution in [3.63, 3.8) is 0 Å². The van der Waals surface area contributed by atoms with Gasteiger partial charge in [-0.25, -0.2) is 13.7 Å². The summed E-state index contributed by atoms with van der Waals surface area (Å²) in [5.74, 6) is -2.40. The fourth-order valence-corrected chi connectivity index (χ4v) is 3.54. The highest BCUT2D eigenvalue weighted by atomic mass is 19.1. The summed E-state index contributed by atoms with van der Waals surface area (Å²) in [4.78, 5) is 29.1. The number of hydrogen-bond acceptors (Lipinski definition) is 3. The molecule has 0 fully saturated rings. The van der Waals surface area contributed by atoms with E-state index in [0.717, 1.165) is 10.5 Å². The van der Waals surface area contributed by atoms with Gasteiger partial charge in [0.05, 0.1) is 11.3 Å². The van der Waals surface area contributed by atoms with Gasteiger partial charge in [-0.3, -0.25) is 9.59 Å². The lowest BCUT2D eigenvalue weighted by atomic mass is 10.0. The first-order valence-electron chi connectivity index (χ1n) is 9.36. The van der Waals surface area contributed by atoms with Crippen molar-refractivity contribution in [2.75, 3.05) is 11.9 Å². The van der Waals surface area contributed by atoms with Crippen LogP contribution in [-0.4, -0.2) is 23.8 Å². The second-order valence-electron chi connectivity index (χ2n) is 6.97. The molecule has 0 unspecified atom stereocenters. The summed E-state index contributed by atoms with van der Waals surface area (Å²) in [6.45, 7) is 0.366. The van der Waals surface area contributed by atoms with Gasteiger partial charge < -0.3 is 4.90 Å². The Morgan fingerprint density at radius 2 is 1.43 bits per heavy atom. The molecular formula is C24H18F2N2O2. The molecule has 0 atom stereocenters. The second-order valence-corrected chi connectivity index (χ2v) is 6.97. The van der Waals surface area contributed by atoms with Crippen LogP contribution in [0, 0.1) is 11.6 Å². The summed E-state index contributed by atoms with van der Waals surface area (Å²) in [5, 5.41) is 0. The maximum absolute atomic E-state index is 14.4. The first kappa shape index (κ1) is 19.5. The first-order valence-corrected chi connectivity index (χ1v) is 9.36. The number of anilines is 1. The number of halogens is 2. The molecular weight excluding hydrogens is 386 g/mol. The van der Waals surface area contributed by atoms with Crippen LogP contribution in [0.2, 0.25) is 0 Å². The predicted octanol–water partition coefficient (Wildman–Crippen LogP) is 4.38. The average molecular weight is 404 g/mol. The Hall–Kier alpha value is -3.80. The molecule has 4 rings (SSSR count). The molecule has 2 amide bonds. The fourth-order valence-electron chi connectivity index (χ4n) is 3.54. The molecule has 150 valence electrons. The predicted molar refractivity (Wildman–Crippen MR) is 110 cm³/mol. The van der Waals surface area contributed by atoms with E-state index in [9.17, 15) is 18.4 Å². The number of para-hydroxylation sites is 1. The molecule has 3 aromatic rings. The van der Waals surface area contributed by atoms with Crippen LogP contribution in [0.4, 0.5) is 14.5 Å². The molecule has 0 aromatic heterocycles. The molecule has 1 heterocycles. The number of likely N-dealkylation sites (N-methyl/N-ethyl adjacent to an activating group) is 1. The summed E-state index contributed by atoms with van der Waals surface area (Å²) < 4.78 is 27.9. The van der Waals surface area contributed by atoms with Crippen LogP contribution in [-0.2, 0) is 16.1 Å². The molecule has 0 bridgehead atoms. The Bertz CT molecular complexity index is 1140. The molecule has 1 aliphatic heterocycles. The minimum atomic E-state index is -0.676. The molecule has 0 spiro atoms. The highest BCUT2D eigenvalue weighted by molar-refractivity contribution is 6.45. The SMILES string of the molecule is CN(Cc1ccccc1)C1=C(c2ccc(F)cc2)C(=O)N(c2ccccc2F)C1=O. The largest absolute Gasteiger partial charge is 0.365 e. The van der Waals surface area contributed by atoms with E-state index in [1.165, 1.54) is 42.5 Å². The first-order chi connectivity index (χ1) is 14.5. The van der Waals surface area contributed by atoms with Crippen molar-refractivity contribution in [3.8, 4) is 0 Å². The standard InChI is InChI=1S/C24H18F2N2O2/c1-27(15-16-7-3-2-4-8-16)22-21(17-11-13-18(25)14-12-17)23(29)28(24(22)30)20-10-6-5-9-19(20)26/h2-14H,15H2,1H3. The summed E-state index contributed by atoms with van der Waals surface area (Å²) in [6, 6.07) is 20.4. The smallest absolute Gasteiger partial charge is 0.282 e. The molecule has 0 aliphatic carbocycles.